The van der Waals surface area contributed by atoms with Gasteiger partial charge in [-0.05, 0) is 36.8 Å². The zero-order valence-electron chi connectivity index (χ0n) is 13.2. The molecule has 0 atom stereocenters. The van der Waals surface area contributed by atoms with E-state index in [-0.39, 0.29) is 17.0 Å². The highest BCUT2D eigenvalue weighted by Crippen LogP contribution is 2.37. The summed E-state index contributed by atoms with van der Waals surface area (Å²) in [4.78, 5) is 21.8. The Morgan fingerprint density at radius 2 is 1.88 bits per heavy atom. The molecule has 0 aromatic heterocycles. The fourth-order valence-corrected chi connectivity index (χ4v) is 2.08. The van der Waals surface area contributed by atoms with E-state index in [2.05, 4.69) is 0 Å². The Bertz CT molecular complexity index is 815. The molecule has 0 aliphatic heterocycles. The SMILES string of the molecule is C/C=C/c1ccc(Oc2ccc(C(N)=O)cc2[N+](=O)[O-])c(OC)c1. The van der Waals surface area contributed by atoms with Crippen LogP contribution in [0.4, 0.5) is 5.69 Å². The van der Waals surface area contributed by atoms with Crippen molar-refractivity contribution in [3.05, 3.63) is 63.7 Å². The summed E-state index contributed by atoms with van der Waals surface area (Å²) in [6, 6.07) is 8.97. The van der Waals surface area contributed by atoms with Gasteiger partial charge in [0.05, 0.1) is 12.0 Å². The first kappa shape index (κ1) is 17.0. The van der Waals surface area contributed by atoms with E-state index in [9.17, 15) is 14.9 Å². The summed E-state index contributed by atoms with van der Waals surface area (Å²) in [7, 11) is 1.48. The quantitative estimate of drug-likeness (QED) is 0.645. The number of hydrogen-bond acceptors (Lipinski definition) is 5. The summed E-state index contributed by atoms with van der Waals surface area (Å²) in [5.74, 6) is -0.0143. The maximum absolute atomic E-state index is 11.2. The van der Waals surface area contributed by atoms with E-state index in [1.54, 1.807) is 18.2 Å². The highest BCUT2D eigenvalue weighted by molar-refractivity contribution is 5.93. The number of nitrogens with zero attached hydrogens (tertiary/aromatic N) is 1. The zero-order valence-corrected chi connectivity index (χ0v) is 13.2. The van der Waals surface area contributed by atoms with E-state index in [1.807, 2.05) is 19.1 Å². The van der Waals surface area contributed by atoms with E-state index in [0.717, 1.165) is 11.6 Å². The average Bonchev–Trinajstić information content (AvgIpc) is 2.56. The minimum Gasteiger partial charge on any atom is -0.493 e. The number of methoxy groups -OCH3 is 1. The fraction of sp³-hybridized carbons (Fsp3) is 0.118. The molecule has 0 unspecified atom stereocenters. The molecule has 2 rings (SSSR count). The van der Waals surface area contributed by atoms with Crippen molar-refractivity contribution in [2.75, 3.05) is 7.11 Å². The van der Waals surface area contributed by atoms with Gasteiger partial charge in [0.25, 0.3) is 0 Å². The lowest BCUT2D eigenvalue weighted by Crippen LogP contribution is -2.11. The van der Waals surface area contributed by atoms with Gasteiger partial charge >= 0.3 is 5.69 Å². The number of rotatable bonds is 6. The molecule has 7 nitrogen and oxygen atoms in total. The van der Waals surface area contributed by atoms with Crippen LogP contribution in [0.5, 0.6) is 17.2 Å². The molecule has 0 aliphatic rings. The van der Waals surface area contributed by atoms with Gasteiger partial charge in [0, 0.05) is 11.6 Å². The number of nitrogens with two attached hydrogens (primary N) is 1. The first-order chi connectivity index (χ1) is 11.5. The second kappa shape index (κ2) is 7.28. The zero-order chi connectivity index (χ0) is 17.7. The summed E-state index contributed by atoms with van der Waals surface area (Å²) in [6.45, 7) is 1.89. The molecule has 2 aromatic carbocycles. The first-order valence-corrected chi connectivity index (χ1v) is 7.03. The van der Waals surface area contributed by atoms with Gasteiger partial charge in [-0.1, -0.05) is 18.2 Å². The summed E-state index contributed by atoms with van der Waals surface area (Å²) < 4.78 is 10.9. The standard InChI is InChI=1S/C17H16N2O5/c1-3-4-11-5-7-15(16(9-11)23-2)24-14-8-6-12(17(18)20)10-13(14)19(21)22/h3-10H,1-2H3,(H2,18,20)/b4-3+. The Kier molecular flexibility index (Phi) is 5.16. The summed E-state index contributed by atoms with van der Waals surface area (Å²) in [6.07, 6.45) is 3.76. The Morgan fingerprint density at radius 1 is 1.17 bits per heavy atom. The lowest BCUT2D eigenvalue weighted by atomic mass is 10.1. The average molecular weight is 328 g/mol. The molecule has 24 heavy (non-hydrogen) atoms. The number of nitro groups is 1. The molecule has 2 N–H and O–H groups in total. The number of amides is 1. The monoisotopic (exact) mass is 328 g/mol. The number of carbonyl (C=O) groups is 1. The van der Waals surface area contributed by atoms with Crippen LogP contribution in [0.2, 0.25) is 0 Å². The predicted molar refractivity (Wildman–Crippen MR) is 89.4 cm³/mol. The van der Waals surface area contributed by atoms with Crippen molar-refractivity contribution >= 4 is 17.7 Å². The van der Waals surface area contributed by atoms with E-state index < -0.39 is 10.8 Å². The van der Waals surface area contributed by atoms with Gasteiger partial charge in [-0.3, -0.25) is 14.9 Å². The number of carbonyl (C=O) groups excluding carboxylic acids is 1. The van der Waals surface area contributed by atoms with Gasteiger partial charge in [-0.15, -0.1) is 0 Å². The van der Waals surface area contributed by atoms with Crippen molar-refractivity contribution in [3.8, 4) is 17.2 Å². The van der Waals surface area contributed by atoms with Crippen LogP contribution < -0.4 is 15.2 Å². The number of hydrogen-bond donors (Lipinski definition) is 1. The molecule has 1 amide bonds. The molecule has 0 radical (unpaired) electrons. The van der Waals surface area contributed by atoms with E-state index in [1.165, 1.54) is 19.2 Å². The summed E-state index contributed by atoms with van der Waals surface area (Å²) in [5.41, 5.74) is 5.73. The van der Waals surface area contributed by atoms with Crippen LogP contribution in [-0.4, -0.2) is 17.9 Å². The third kappa shape index (κ3) is 3.70. The van der Waals surface area contributed by atoms with Gasteiger partial charge in [0.15, 0.2) is 11.5 Å². The normalized spacial score (nSPS) is 10.6. The molecule has 0 bridgehead atoms. The van der Waals surface area contributed by atoms with Gasteiger partial charge in [0.1, 0.15) is 0 Å². The lowest BCUT2D eigenvalue weighted by Gasteiger charge is -2.11. The third-order valence-corrected chi connectivity index (χ3v) is 3.21. The van der Waals surface area contributed by atoms with Gasteiger partial charge in [0.2, 0.25) is 11.7 Å². The molecule has 0 spiro atoms. The van der Waals surface area contributed by atoms with E-state index >= 15 is 0 Å². The highest BCUT2D eigenvalue weighted by Gasteiger charge is 2.19. The van der Waals surface area contributed by atoms with Crippen molar-refractivity contribution in [2.45, 2.75) is 6.92 Å². The topological polar surface area (TPSA) is 105 Å². The third-order valence-electron chi connectivity index (χ3n) is 3.21. The van der Waals surface area contributed by atoms with Crippen LogP contribution in [0.15, 0.2) is 42.5 Å². The molecule has 124 valence electrons. The second-order valence-electron chi connectivity index (χ2n) is 4.82. The molecule has 0 saturated carbocycles. The molecular formula is C17H16N2O5. The molecular weight excluding hydrogens is 312 g/mol. The Labute approximate surface area is 138 Å². The van der Waals surface area contributed by atoms with Crippen LogP contribution in [0, 0.1) is 10.1 Å². The van der Waals surface area contributed by atoms with Gasteiger partial charge in [-0.25, -0.2) is 0 Å². The van der Waals surface area contributed by atoms with Crippen LogP contribution >= 0.6 is 0 Å². The Hall–Kier alpha value is -3.35. The second-order valence-corrected chi connectivity index (χ2v) is 4.82. The largest absolute Gasteiger partial charge is 0.493 e. The summed E-state index contributed by atoms with van der Waals surface area (Å²) in [5, 5.41) is 11.2. The van der Waals surface area contributed by atoms with Crippen molar-refractivity contribution in [1.29, 1.82) is 0 Å². The number of allylic oxidation sites excluding steroid dienone is 1. The number of primary amides is 1. The fourth-order valence-electron chi connectivity index (χ4n) is 2.08. The molecule has 7 heteroatoms. The van der Waals surface area contributed by atoms with Gasteiger partial charge < -0.3 is 15.2 Å². The lowest BCUT2D eigenvalue weighted by molar-refractivity contribution is -0.385. The molecule has 0 aliphatic carbocycles. The Balaban J connectivity index is 2.44. The number of benzene rings is 2. The first-order valence-electron chi connectivity index (χ1n) is 7.03. The smallest absolute Gasteiger partial charge is 0.312 e. The van der Waals surface area contributed by atoms with Crippen molar-refractivity contribution in [2.24, 2.45) is 5.73 Å². The minimum absolute atomic E-state index is 0.0120. The minimum atomic E-state index is -0.752. The molecule has 0 saturated heterocycles. The maximum atomic E-state index is 11.2. The predicted octanol–water partition coefficient (Wildman–Crippen LogP) is 3.53. The van der Waals surface area contributed by atoms with Crippen LogP contribution in [0.3, 0.4) is 0 Å². The van der Waals surface area contributed by atoms with E-state index in [0.29, 0.717) is 11.5 Å². The maximum Gasteiger partial charge on any atom is 0.312 e. The van der Waals surface area contributed by atoms with Crippen molar-refractivity contribution < 1.29 is 19.2 Å². The van der Waals surface area contributed by atoms with Crippen LogP contribution in [0.25, 0.3) is 6.08 Å². The van der Waals surface area contributed by atoms with Crippen molar-refractivity contribution in [3.63, 3.8) is 0 Å². The highest BCUT2D eigenvalue weighted by atomic mass is 16.6. The summed E-state index contributed by atoms with van der Waals surface area (Å²) >= 11 is 0. The molecule has 0 fully saturated rings. The van der Waals surface area contributed by atoms with Crippen LogP contribution in [-0.2, 0) is 0 Å². The molecule has 2 aromatic rings. The number of nitro benzene ring substituents is 1. The Morgan fingerprint density at radius 3 is 2.46 bits per heavy atom. The van der Waals surface area contributed by atoms with Crippen molar-refractivity contribution in [1.82, 2.24) is 0 Å². The van der Waals surface area contributed by atoms with Gasteiger partial charge in [-0.2, -0.15) is 0 Å². The van der Waals surface area contributed by atoms with E-state index in [4.69, 9.17) is 15.2 Å². The molecule has 0 heterocycles. The number of ether oxygens (including phenoxy) is 2. The van der Waals surface area contributed by atoms with Crippen LogP contribution in [0.1, 0.15) is 22.8 Å².